The minimum atomic E-state index is -0.962. The number of piperidine rings is 1. The van der Waals surface area contributed by atoms with Crippen molar-refractivity contribution in [2.75, 3.05) is 0 Å². The molecule has 2 aromatic carbocycles. The number of amides is 1. The van der Waals surface area contributed by atoms with Crippen LogP contribution in [0.4, 0.5) is 4.79 Å². The highest BCUT2D eigenvalue weighted by Gasteiger charge is 2.51. The number of ether oxygens (including phenoxy) is 2. The first kappa shape index (κ1) is 20.7. The van der Waals surface area contributed by atoms with Gasteiger partial charge in [-0.3, -0.25) is 0 Å². The fourth-order valence-corrected chi connectivity index (χ4v) is 4.69. The number of carbonyl (C=O) groups is 1. The lowest BCUT2D eigenvalue weighted by Gasteiger charge is -2.44. The first-order chi connectivity index (χ1) is 14.2. The number of rotatable bonds is 4. The van der Waals surface area contributed by atoms with Crippen molar-refractivity contribution in [3.8, 4) is 5.75 Å². The molecule has 30 heavy (non-hydrogen) atoms. The largest absolute Gasteiger partial charge is 0.489 e. The molecule has 5 nitrogen and oxygen atoms in total. The maximum atomic E-state index is 12.7. The molecule has 0 spiro atoms. The first-order valence-corrected chi connectivity index (χ1v) is 10.7. The van der Waals surface area contributed by atoms with E-state index in [1.54, 1.807) is 0 Å². The number of fused-ring (bicyclic) bond motifs is 2. The summed E-state index contributed by atoms with van der Waals surface area (Å²) in [5.41, 5.74) is 0.477. The summed E-state index contributed by atoms with van der Waals surface area (Å²) in [5.74, 6) is 0.742. The molecule has 0 aliphatic carbocycles. The Morgan fingerprint density at radius 3 is 2.37 bits per heavy atom. The number of aliphatic hydroxyl groups is 1. The smallest absolute Gasteiger partial charge is 0.410 e. The van der Waals surface area contributed by atoms with Gasteiger partial charge in [-0.1, -0.05) is 42.5 Å². The van der Waals surface area contributed by atoms with E-state index in [4.69, 9.17) is 9.47 Å². The Bertz CT molecular complexity index is 876. The molecular formula is C25H31NO4. The van der Waals surface area contributed by atoms with Crippen LogP contribution < -0.4 is 4.74 Å². The van der Waals surface area contributed by atoms with Gasteiger partial charge in [-0.2, -0.15) is 0 Å². The van der Waals surface area contributed by atoms with Crippen molar-refractivity contribution >= 4 is 6.09 Å². The highest BCUT2D eigenvalue weighted by Crippen LogP contribution is 2.46. The molecule has 0 aromatic heterocycles. The summed E-state index contributed by atoms with van der Waals surface area (Å²) < 4.78 is 11.6. The molecule has 1 amide bonds. The lowest BCUT2D eigenvalue weighted by atomic mass is 9.80. The zero-order valence-corrected chi connectivity index (χ0v) is 18.0. The Balaban J connectivity index is 1.47. The molecule has 2 aliphatic heterocycles. The van der Waals surface area contributed by atoms with Gasteiger partial charge in [0, 0.05) is 24.9 Å². The molecule has 1 N–H and O–H groups in total. The van der Waals surface area contributed by atoms with Crippen LogP contribution in [0, 0.1) is 0 Å². The van der Waals surface area contributed by atoms with E-state index in [1.165, 1.54) is 0 Å². The molecule has 2 heterocycles. The van der Waals surface area contributed by atoms with Crippen molar-refractivity contribution in [3.05, 3.63) is 65.7 Å². The van der Waals surface area contributed by atoms with Crippen molar-refractivity contribution in [1.29, 1.82) is 0 Å². The van der Waals surface area contributed by atoms with Crippen LogP contribution in [0.2, 0.25) is 0 Å². The molecule has 2 unspecified atom stereocenters. The molecule has 5 heteroatoms. The molecule has 2 atom stereocenters. The molecule has 160 valence electrons. The molecule has 0 radical (unpaired) electrons. The van der Waals surface area contributed by atoms with E-state index >= 15 is 0 Å². The standard InChI is InChI=1S/C25H31NO4/c1-24(2,3)30-23(27)26-20-12-13-21(26)16-25(28,15-20)19-10-7-11-22(14-19)29-17-18-8-5-4-6-9-18/h4-11,14,20-21,28H,12-13,15-17H2,1-3H3. The van der Waals surface area contributed by atoms with E-state index in [0.29, 0.717) is 19.4 Å². The average Bonchev–Trinajstić information content (AvgIpc) is 2.98. The van der Waals surface area contributed by atoms with Crippen molar-refractivity contribution in [2.24, 2.45) is 0 Å². The van der Waals surface area contributed by atoms with Crippen LogP contribution in [0.3, 0.4) is 0 Å². The minimum absolute atomic E-state index is 0.00232. The predicted molar refractivity (Wildman–Crippen MR) is 115 cm³/mol. The SMILES string of the molecule is CC(C)(C)OC(=O)N1C2CCC1CC(O)(c1cccc(OCc3ccccc3)c1)C2. The van der Waals surface area contributed by atoms with Gasteiger partial charge < -0.3 is 19.5 Å². The summed E-state index contributed by atoms with van der Waals surface area (Å²) in [6.45, 7) is 6.14. The summed E-state index contributed by atoms with van der Waals surface area (Å²) in [6, 6.07) is 17.8. The van der Waals surface area contributed by atoms with Crippen molar-refractivity contribution in [2.45, 2.75) is 76.3 Å². The Morgan fingerprint density at radius 1 is 1.07 bits per heavy atom. The molecule has 2 aromatic rings. The Morgan fingerprint density at radius 2 is 1.73 bits per heavy atom. The van der Waals surface area contributed by atoms with Crippen LogP contribution >= 0.6 is 0 Å². The second-order valence-electron chi connectivity index (χ2n) is 9.51. The lowest BCUT2D eigenvalue weighted by Crippen LogP contribution is -2.53. The van der Waals surface area contributed by atoms with Crippen LogP contribution in [0.1, 0.15) is 57.6 Å². The van der Waals surface area contributed by atoms with Crippen molar-refractivity contribution < 1.29 is 19.4 Å². The lowest BCUT2D eigenvalue weighted by molar-refractivity contribution is -0.0625. The van der Waals surface area contributed by atoms with Gasteiger partial charge in [0.15, 0.2) is 0 Å². The Labute approximate surface area is 178 Å². The quantitative estimate of drug-likeness (QED) is 0.771. The van der Waals surface area contributed by atoms with Gasteiger partial charge in [-0.15, -0.1) is 0 Å². The topological polar surface area (TPSA) is 59.0 Å². The van der Waals surface area contributed by atoms with E-state index in [1.807, 2.05) is 80.3 Å². The summed E-state index contributed by atoms with van der Waals surface area (Å²) in [5, 5.41) is 11.5. The number of hydrogen-bond donors (Lipinski definition) is 1. The first-order valence-electron chi connectivity index (χ1n) is 10.7. The average molecular weight is 410 g/mol. The van der Waals surface area contributed by atoms with Crippen LogP contribution in [0.25, 0.3) is 0 Å². The molecule has 2 bridgehead atoms. The van der Waals surface area contributed by atoms with Gasteiger partial charge in [-0.25, -0.2) is 4.79 Å². The minimum Gasteiger partial charge on any atom is -0.489 e. The van der Waals surface area contributed by atoms with Crippen molar-refractivity contribution in [1.82, 2.24) is 4.90 Å². The van der Waals surface area contributed by atoms with Crippen LogP contribution in [-0.4, -0.2) is 33.8 Å². The van der Waals surface area contributed by atoms with Crippen molar-refractivity contribution in [3.63, 3.8) is 0 Å². The molecule has 2 saturated heterocycles. The second-order valence-corrected chi connectivity index (χ2v) is 9.51. The fourth-order valence-electron chi connectivity index (χ4n) is 4.69. The molecular weight excluding hydrogens is 378 g/mol. The summed E-state index contributed by atoms with van der Waals surface area (Å²) >= 11 is 0. The summed E-state index contributed by atoms with van der Waals surface area (Å²) in [4.78, 5) is 14.6. The van der Waals surface area contributed by atoms with Gasteiger partial charge in [0.2, 0.25) is 0 Å². The third-order valence-electron chi connectivity index (χ3n) is 5.99. The van der Waals surface area contributed by atoms with Crippen LogP contribution in [-0.2, 0) is 16.9 Å². The number of nitrogens with zero attached hydrogens (tertiary/aromatic N) is 1. The fraction of sp³-hybridized carbons (Fsp3) is 0.480. The number of hydrogen-bond acceptors (Lipinski definition) is 4. The summed E-state index contributed by atoms with van der Waals surface area (Å²) in [6.07, 6.45) is 2.57. The zero-order valence-electron chi connectivity index (χ0n) is 18.0. The molecule has 4 rings (SSSR count). The third-order valence-corrected chi connectivity index (χ3v) is 5.99. The van der Waals surface area contributed by atoms with E-state index in [9.17, 15) is 9.90 Å². The highest BCUT2D eigenvalue weighted by molar-refractivity contribution is 5.70. The van der Waals surface area contributed by atoms with Crippen LogP contribution in [0.15, 0.2) is 54.6 Å². The molecule has 2 aliphatic rings. The number of carbonyl (C=O) groups excluding carboxylic acids is 1. The van der Waals surface area contributed by atoms with E-state index in [0.717, 1.165) is 29.7 Å². The molecule has 0 saturated carbocycles. The van der Waals surface area contributed by atoms with Crippen LogP contribution in [0.5, 0.6) is 5.75 Å². The van der Waals surface area contributed by atoms with Gasteiger partial charge in [0.1, 0.15) is 18.0 Å². The maximum absolute atomic E-state index is 12.7. The third kappa shape index (κ3) is 4.46. The number of benzene rings is 2. The van der Waals surface area contributed by atoms with E-state index in [2.05, 4.69) is 0 Å². The van der Waals surface area contributed by atoms with Gasteiger partial charge in [-0.05, 0) is 56.9 Å². The van der Waals surface area contributed by atoms with Gasteiger partial charge in [0.05, 0.1) is 5.60 Å². The molecule has 2 fully saturated rings. The predicted octanol–water partition coefficient (Wildman–Crippen LogP) is 5.02. The monoisotopic (exact) mass is 409 g/mol. The normalized spacial score (nSPS) is 25.8. The van der Waals surface area contributed by atoms with E-state index < -0.39 is 11.2 Å². The maximum Gasteiger partial charge on any atom is 0.410 e. The summed E-state index contributed by atoms with van der Waals surface area (Å²) in [7, 11) is 0. The Kier molecular flexibility index (Phi) is 5.49. The van der Waals surface area contributed by atoms with E-state index in [-0.39, 0.29) is 18.2 Å². The highest BCUT2D eigenvalue weighted by atomic mass is 16.6. The second kappa shape index (κ2) is 7.95. The van der Waals surface area contributed by atoms with Gasteiger partial charge >= 0.3 is 6.09 Å². The van der Waals surface area contributed by atoms with Gasteiger partial charge in [0.25, 0.3) is 0 Å². The Hall–Kier alpha value is -2.53. The zero-order chi connectivity index (χ0) is 21.4.